The van der Waals surface area contributed by atoms with Gasteiger partial charge in [-0.25, -0.2) is 9.78 Å². The molecule has 0 aliphatic rings. The number of benzene rings is 3. The van der Waals surface area contributed by atoms with Crippen molar-refractivity contribution in [2.75, 3.05) is 24.9 Å². The van der Waals surface area contributed by atoms with Gasteiger partial charge in [0, 0.05) is 33.1 Å². The molecule has 0 atom stereocenters. The summed E-state index contributed by atoms with van der Waals surface area (Å²) in [4.78, 5) is 21.5. The normalized spacial score (nSPS) is 11.1. The Balaban J connectivity index is 1.58. The summed E-state index contributed by atoms with van der Waals surface area (Å²) in [6.45, 7) is 4.62. The van der Waals surface area contributed by atoms with Crippen molar-refractivity contribution in [1.29, 1.82) is 0 Å². The van der Waals surface area contributed by atoms with E-state index in [2.05, 4.69) is 23.3 Å². The van der Waals surface area contributed by atoms with Gasteiger partial charge in [0.2, 0.25) is 0 Å². The average Bonchev–Trinajstić information content (AvgIpc) is 3.34. The number of fused-ring (bicyclic) bond motifs is 1. The zero-order valence-corrected chi connectivity index (χ0v) is 26.5. The van der Waals surface area contributed by atoms with Gasteiger partial charge in [-0.3, -0.25) is 0 Å². The molecule has 0 spiro atoms. The Labute approximate surface area is 259 Å². The molecule has 0 saturated heterocycles. The molecule has 0 fully saturated rings. The summed E-state index contributed by atoms with van der Waals surface area (Å²) in [5.74, 6) is 1.45. The first kappa shape index (κ1) is 29.9. The molecule has 42 heavy (non-hydrogen) atoms. The maximum Gasteiger partial charge on any atom is 0.322 e. The average molecular weight is 618 g/mol. The number of ether oxygens (including phenoxy) is 1. The third-order valence-electron chi connectivity index (χ3n) is 6.93. The maximum atomic E-state index is 14.1. The fourth-order valence-corrected chi connectivity index (χ4v) is 6.29. The lowest BCUT2D eigenvalue weighted by Crippen LogP contribution is -2.34. The summed E-state index contributed by atoms with van der Waals surface area (Å²) in [6, 6.07) is 23.3. The van der Waals surface area contributed by atoms with Gasteiger partial charge in [-0.1, -0.05) is 47.5 Å². The Hall–Kier alpha value is -3.59. The molecule has 2 heterocycles. The Morgan fingerprint density at radius 3 is 2.38 bits per heavy atom. The molecule has 0 aliphatic carbocycles. The first-order chi connectivity index (χ1) is 20.3. The van der Waals surface area contributed by atoms with E-state index in [1.165, 1.54) is 11.8 Å². The number of rotatable bonds is 9. The van der Waals surface area contributed by atoms with Crippen molar-refractivity contribution < 1.29 is 13.9 Å². The van der Waals surface area contributed by atoms with E-state index in [0.717, 1.165) is 54.6 Å². The van der Waals surface area contributed by atoms with Crippen molar-refractivity contribution in [3.63, 3.8) is 0 Å². The molecule has 0 bridgehead atoms. The van der Waals surface area contributed by atoms with E-state index < -0.39 is 0 Å². The quantitative estimate of drug-likeness (QED) is 0.166. The number of furan rings is 1. The molecule has 2 aromatic heterocycles. The number of methoxy groups -OCH3 is 1. The second-order valence-corrected chi connectivity index (χ2v) is 12.0. The van der Waals surface area contributed by atoms with Gasteiger partial charge in [-0.15, -0.1) is 23.5 Å². The van der Waals surface area contributed by atoms with Crippen LogP contribution in [0, 0.1) is 13.8 Å². The Kier molecular flexibility index (Phi) is 9.36. The Morgan fingerprint density at radius 2 is 1.71 bits per heavy atom. The van der Waals surface area contributed by atoms with Gasteiger partial charge >= 0.3 is 6.03 Å². The number of pyridine rings is 1. The van der Waals surface area contributed by atoms with E-state index in [-0.39, 0.29) is 12.6 Å². The number of amides is 2. The highest BCUT2D eigenvalue weighted by Gasteiger charge is 2.24. The number of thioether (sulfide) groups is 2. The third-order valence-corrected chi connectivity index (χ3v) is 8.62. The van der Waals surface area contributed by atoms with Crippen LogP contribution in [0.3, 0.4) is 0 Å². The molecule has 0 aliphatic heterocycles. The summed E-state index contributed by atoms with van der Waals surface area (Å²) in [6.07, 6.45) is 3.96. The fraction of sp³-hybridized carbons (Fsp3) is 0.212. The number of hydrogen-bond donors (Lipinski definition) is 1. The number of nitrogens with zero attached hydrogens (tertiary/aromatic N) is 2. The SMILES string of the molecule is COc1ccc(CN(Cc2oc3ccc(C)cc3c2-c2ccc(Cl)cc2)C(=O)Nc2c(SC)cc(C)nc2SC)cc1. The van der Waals surface area contributed by atoms with Crippen molar-refractivity contribution >= 4 is 57.8 Å². The summed E-state index contributed by atoms with van der Waals surface area (Å²) in [5, 5.41) is 5.61. The second-order valence-electron chi connectivity index (χ2n) is 9.89. The molecule has 5 rings (SSSR count). The zero-order chi connectivity index (χ0) is 29.8. The standard InChI is InChI=1S/C33H32ClN3O3S2/c1-20-6-15-27-26(16-20)30(23-9-11-24(34)12-10-23)28(40-27)19-37(18-22-7-13-25(39-3)14-8-22)33(38)36-31-29(41-4)17-21(2)35-32(31)42-5/h6-17H,18-19H2,1-5H3,(H,36,38). The van der Waals surface area contributed by atoms with E-state index in [1.54, 1.807) is 23.8 Å². The topological polar surface area (TPSA) is 67.6 Å². The molecule has 1 N–H and O–H groups in total. The monoisotopic (exact) mass is 617 g/mol. The summed E-state index contributed by atoms with van der Waals surface area (Å²) < 4.78 is 11.8. The summed E-state index contributed by atoms with van der Waals surface area (Å²) in [7, 11) is 1.64. The van der Waals surface area contributed by atoms with Crippen LogP contribution in [0.15, 0.2) is 87.1 Å². The molecule has 6 nitrogen and oxygen atoms in total. The highest BCUT2D eigenvalue weighted by atomic mass is 35.5. The number of hydrogen-bond acceptors (Lipinski definition) is 6. The molecule has 216 valence electrons. The highest BCUT2D eigenvalue weighted by molar-refractivity contribution is 7.99. The number of halogens is 1. The predicted octanol–water partition coefficient (Wildman–Crippen LogP) is 9.45. The van der Waals surface area contributed by atoms with Crippen LogP contribution in [0.1, 0.15) is 22.6 Å². The molecule has 0 unspecified atom stereocenters. The first-order valence-corrected chi connectivity index (χ1v) is 16.2. The van der Waals surface area contributed by atoms with Crippen LogP contribution in [0.25, 0.3) is 22.1 Å². The number of urea groups is 1. The summed E-state index contributed by atoms with van der Waals surface area (Å²) in [5.41, 5.74) is 6.39. The molecule has 3 aromatic carbocycles. The van der Waals surface area contributed by atoms with Gasteiger partial charge in [-0.2, -0.15) is 0 Å². The van der Waals surface area contributed by atoms with E-state index in [9.17, 15) is 4.79 Å². The number of nitrogens with one attached hydrogen (secondary N) is 1. The van der Waals surface area contributed by atoms with E-state index in [0.29, 0.717) is 23.0 Å². The zero-order valence-electron chi connectivity index (χ0n) is 24.2. The minimum Gasteiger partial charge on any atom is -0.497 e. The number of aromatic nitrogens is 1. The van der Waals surface area contributed by atoms with Crippen LogP contribution in [0.5, 0.6) is 5.75 Å². The van der Waals surface area contributed by atoms with E-state index in [4.69, 9.17) is 20.8 Å². The third kappa shape index (κ3) is 6.56. The second kappa shape index (κ2) is 13.2. The van der Waals surface area contributed by atoms with Crippen LogP contribution in [0.4, 0.5) is 10.5 Å². The van der Waals surface area contributed by atoms with Crippen molar-refractivity contribution in [2.24, 2.45) is 0 Å². The molecule has 9 heteroatoms. The van der Waals surface area contributed by atoms with E-state index in [1.807, 2.05) is 86.2 Å². The number of aryl methyl sites for hydroxylation is 2. The minimum absolute atomic E-state index is 0.242. The largest absolute Gasteiger partial charge is 0.497 e. The molecule has 2 amide bonds. The number of anilines is 1. The lowest BCUT2D eigenvalue weighted by Gasteiger charge is -2.24. The van der Waals surface area contributed by atoms with Crippen molar-refractivity contribution in [2.45, 2.75) is 36.9 Å². The number of carbonyl (C=O) groups is 1. The minimum atomic E-state index is -0.249. The summed E-state index contributed by atoms with van der Waals surface area (Å²) >= 11 is 9.32. The van der Waals surface area contributed by atoms with Crippen molar-refractivity contribution in [1.82, 2.24) is 9.88 Å². The van der Waals surface area contributed by atoms with Gasteiger partial charge in [0.1, 0.15) is 22.1 Å². The number of carbonyl (C=O) groups excluding carboxylic acids is 1. The highest BCUT2D eigenvalue weighted by Crippen LogP contribution is 2.38. The van der Waals surface area contributed by atoms with Crippen molar-refractivity contribution in [3.05, 3.63) is 100 Å². The van der Waals surface area contributed by atoms with Gasteiger partial charge in [0.15, 0.2) is 0 Å². The fourth-order valence-electron chi connectivity index (χ4n) is 4.86. The van der Waals surface area contributed by atoms with Gasteiger partial charge < -0.3 is 19.4 Å². The van der Waals surface area contributed by atoms with Gasteiger partial charge in [-0.05, 0) is 80.0 Å². The van der Waals surface area contributed by atoms with Gasteiger partial charge in [0.25, 0.3) is 0 Å². The Morgan fingerprint density at radius 1 is 0.976 bits per heavy atom. The van der Waals surface area contributed by atoms with Crippen LogP contribution in [-0.2, 0) is 13.1 Å². The van der Waals surface area contributed by atoms with Crippen LogP contribution < -0.4 is 10.1 Å². The molecular weight excluding hydrogens is 586 g/mol. The maximum absolute atomic E-state index is 14.1. The van der Waals surface area contributed by atoms with Gasteiger partial charge in [0.05, 0.1) is 19.3 Å². The lowest BCUT2D eigenvalue weighted by atomic mass is 10.0. The smallest absolute Gasteiger partial charge is 0.322 e. The molecule has 0 radical (unpaired) electrons. The first-order valence-electron chi connectivity index (χ1n) is 13.4. The van der Waals surface area contributed by atoms with Crippen LogP contribution in [0.2, 0.25) is 5.02 Å². The molecular formula is C33H32ClN3O3S2. The Bertz CT molecular complexity index is 1690. The lowest BCUT2D eigenvalue weighted by molar-refractivity contribution is 0.202. The molecule has 0 saturated carbocycles. The predicted molar refractivity (Wildman–Crippen MR) is 175 cm³/mol. The van der Waals surface area contributed by atoms with E-state index >= 15 is 0 Å². The van der Waals surface area contributed by atoms with Crippen molar-refractivity contribution in [3.8, 4) is 16.9 Å². The van der Waals surface area contributed by atoms with Crippen LogP contribution >= 0.6 is 35.1 Å². The molecule has 5 aromatic rings. The van der Waals surface area contributed by atoms with Crippen LogP contribution in [-0.4, -0.2) is 35.5 Å².